The van der Waals surface area contributed by atoms with E-state index in [1.807, 2.05) is 0 Å². The third kappa shape index (κ3) is 2.76. The molecule has 0 bridgehead atoms. The highest BCUT2D eigenvalue weighted by molar-refractivity contribution is 6.36. The maximum absolute atomic E-state index is 10.3. The molecule has 0 aliphatic carbocycles. The van der Waals surface area contributed by atoms with E-state index in [2.05, 4.69) is 6.58 Å². The van der Waals surface area contributed by atoms with Crippen LogP contribution in [-0.4, -0.2) is 22.6 Å². The second kappa shape index (κ2) is 3.55. The number of hydrogen-bond donors (Lipinski definition) is 1. The lowest BCUT2D eigenvalue weighted by Gasteiger charge is -1.87. The molecular formula is C6H6O4. The number of carboxylic acid groups (broad SMARTS) is 1. The molecule has 4 nitrogen and oxygen atoms in total. The minimum Gasteiger partial charge on any atom is -0.475 e. The molecule has 10 heavy (non-hydrogen) atoms. The Bertz CT molecular complexity index is 192. The first kappa shape index (κ1) is 8.55. The smallest absolute Gasteiger partial charge is 0.372 e. The number of allylic oxidation sites excluding steroid dienone is 1. The third-order valence-electron chi connectivity index (χ3n) is 0.801. The van der Waals surface area contributed by atoms with Crippen LogP contribution in [0.2, 0.25) is 0 Å². The summed E-state index contributed by atoms with van der Waals surface area (Å²) in [5.41, 5.74) is 0. The van der Waals surface area contributed by atoms with Gasteiger partial charge in [0.2, 0.25) is 5.78 Å². The Balaban J connectivity index is 3.92. The van der Waals surface area contributed by atoms with E-state index in [0.29, 0.717) is 0 Å². The van der Waals surface area contributed by atoms with Crippen LogP contribution in [0.4, 0.5) is 0 Å². The summed E-state index contributed by atoms with van der Waals surface area (Å²) in [4.78, 5) is 30.4. The first-order valence-corrected chi connectivity index (χ1v) is 2.49. The van der Waals surface area contributed by atoms with Crippen LogP contribution >= 0.6 is 0 Å². The zero-order valence-electron chi connectivity index (χ0n) is 5.16. The minimum atomic E-state index is -1.59. The predicted octanol–water partition coefficient (Wildman–Crippen LogP) is -0.215. The van der Waals surface area contributed by atoms with E-state index in [0.717, 1.165) is 6.08 Å². The number of carbonyl (C=O) groups is 3. The SMILES string of the molecule is C=CC(=O)CC(=O)C(=O)O. The highest BCUT2D eigenvalue weighted by Crippen LogP contribution is 1.86. The lowest BCUT2D eigenvalue weighted by atomic mass is 10.2. The second-order valence-electron chi connectivity index (χ2n) is 1.58. The Morgan fingerprint density at radius 2 is 1.90 bits per heavy atom. The number of rotatable bonds is 4. The fraction of sp³-hybridized carbons (Fsp3) is 0.167. The van der Waals surface area contributed by atoms with Crippen molar-refractivity contribution in [1.29, 1.82) is 0 Å². The van der Waals surface area contributed by atoms with E-state index in [4.69, 9.17) is 5.11 Å². The summed E-state index contributed by atoms with van der Waals surface area (Å²) in [5, 5.41) is 7.99. The molecule has 0 amide bonds. The van der Waals surface area contributed by atoms with Gasteiger partial charge in [0, 0.05) is 0 Å². The van der Waals surface area contributed by atoms with Crippen molar-refractivity contribution in [3.05, 3.63) is 12.7 Å². The molecule has 0 heterocycles. The maximum Gasteiger partial charge on any atom is 0.372 e. The van der Waals surface area contributed by atoms with Gasteiger partial charge < -0.3 is 5.11 Å². The van der Waals surface area contributed by atoms with Crippen molar-refractivity contribution in [3.63, 3.8) is 0 Å². The van der Waals surface area contributed by atoms with Crippen molar-refractivity contribution in [1.82, 2.24) is 0 Å². The van der Waals surface area contributed by atoms with E-state index < -0.39 is 24.0 Å². The summed E-state index contributed by atoms with van der Waals surface area (Å²) in [6, 6.07) is 0. The molecule has 0 aromatic rings. The number of carbonyl (C=O) groups excluding carboxylic acids is 2. The second-order valence-corrected chi connectivity index (χ2v) is 1.58. The lowest BCUT2D eigenvalue weighted by molar-refractivity contribution is -0.149. The highest BCUT2D eigenvalue weighted by atomic mass is 16.4. The Kier molecular flexibility index (Phi) is 3.04. The maximum atomic E-state index is 10.3. The van der Waals surface area contributed by atoms with Gasteiger partial charge in [-0.1, -0.05) is 6.58 Å². The normalized spacial score (nSPS) is 8.40. The van der Waals surface area contributed by atoms with Gasteiger partial charge in [0.25, 0.3) is 0 Å². The first-order valence-electron chi connectivity index (χ1n) is 2.49. The van der Waals surface area contributed by atoms with Gasteiger partial charge in [0.1, 0.15) is 0 Å². The Morgan fingerprint density at radius 1 is 1.40 bits per heavy atom. The first-order chi connectivity index (χ1) is 4.57. The van der Waals surface area contributed by atoms with Gasteiger partial charge in [-0.05, 0) is 6.08 Å². The fourth-order valence-corrected chi connectivity index (χ4v) is 0.306. The van der Waals surface area contributed by atoms with Crippen molar-refractivity contribution in [2.24, 2.45) is 0 Å². The van der Waals surface area contributed by atoms with Gasteiger partial charge in [-0.2, -0.15) is 0 Å². The monoisotopic (exact) mass is 142 g/mol. The van der Waals surface area contributed by atoms with Crippen LogP contribution in [-0.2, 0) is 14.4 Å². The van der Waals surface area contributed by atoms with Gasteiger partial charge in [0.05, 0.1) is 6.42 Å². The van der Waals surface area contributed by atoms with Crippen LogP contribution in [0.1, 0.15) is 6.42 Å². The van der Waals surface area contributed by atoms with Crippen LogP contribution in [0.5, 0.6) is 0 Å². The Morgan fingerprint density at radius 3 is 2.20 bits per heavy atom. The molecule has 0 aromatic carbocycles. The fourth-order valence-electron chi connectivity index (χ4n) is 0.306. The summed E-state index contributed by atoms with van der Waals surface area (Å²) in [6.07, 6.45) is 0.319. The van der Waals surface area contributed by atoms with E-state index in [1.165, 1.54) is 0 Å². The van der Waals surface area contributed by atoms with E-state index in [9.17, 15) is 14.4 Å². The molecule has 0 saturated heterocycles. The molecule has 0 unspecified atom stereocenters. The van der Waals surface area contributed by atoms with Gasteiger partial charge in [-0.25, -0.2) is 4.79 Å². The molecular weight excluding hydrogens is 136 g/mol. The standard InChI is InChI=1S/C6H6O4/c1-2-4(7)3-5(8)6(9)10/h2H,1,3H2,(H,9,10). The van der Waals surface area contributed by atoms with Crippen molar-refractivity contribution in [2.75, 3.05) is 0 Å². The van der Waals surface area contributed by atoms with Gasteiger partial charge >= 0.3 is 5.97 Å². The van der Waals surface area contributed by atoms with Crippen LogP contribution in [0, 0.1) is 0 Å². The number of carboxylic acids is 1. The summed E-state index contributed by atoms with van der Waals surface area (Å²) >= 11 is 0. The van der Waals surface area contributed by atoms with Crippen molar-refractivity contribution in [3.8, 4) is 0 Å². The molecule has 0 spiro atoms. The molecule has 0 fully saturated rings. The summed E-state index contributed by atoms with van der Waals surface area (Å²) in [6.45, 7) is 3.08. The molecule has 54 valence electrons. The molecule has 0 rings (SSSR count). The van der Waals surface area contributed by atoms with Crippen LogP contribution < -0.4 is 0 Å². The van der Waals surface area contributed by atoms with Crippen LogP contribution in [0.3, 0.4) is 0 Å². The third-order valence-corrected chi connectivity index (χ3v) is 0.801. The zero-order valence-corrected chi connectivity index (χ0v) is 5.16. The average Bonchev–Trinajstić information content (AvgIpc) is 1.87. The topological polar surface area (TPSA) is 71.4 Å². The summed E-state index contributed by atoms with van der Waals surface area (Å²) in [5.74, 6) is -3.27. The van der Waals surface area contributed by atoms with Crippen molar-refractivity contribution >= 4 is 17.5 Å². The quantitative estimate of drug-likeness (QED) is 0.335. The molecule has 0 saturated carbocycles. The van der Waals surface area contributed by atoms with Gasteiger partial charge in [-0.15, -0.1) is 0 Å². The van der Waals surface area contributed by atoms with Crippen molar-refractivity contribution in [2.45, 2.75) is 6.42 Å². The van der Waals surface area contributed by atoms with E-state index >= 15 is 0 Å². The zero-order chi connectivity index (χ0) is 8.15. The molecule has 0 atom stereocenters. The van der Waals surface area contributed by atoms with Crippen LogP contribution in [0.25, 0.3) is 0 Å². The van der Waals surface area contributed by atoms with E-state index in [1.54, 1.807) is 0 Å². The largest absolute Gasteiger partial charge is 0.475 e. The minimum absolute atomic E-state index is 0.576. The highest BCUT2D eigenvalue weighted by Gasteiger charge is 2.13. The molecule has 0 aliphatic heterocycles. The Hall–Kier alpha value is -1.45. The molecule has 0 radical (unpaired) electrons. The molecule has 0 aromatic heterocycles. The lowest BCUT2D eigenvalue weighted by Crippen LogP contribution is -2.15. The number of Topliss-reactive ketones (excluding diaryl/α,β-unsaturated/α-hetero) is 1. The average molecular weight is 142 g/mol. The number of aliphatic carboxylic acids is 1. The molecule has 0 aliphatic rings. The summed E-state index contributed by atoms with van der Waals surface area (Å²) < 4.78 is 0. The number of hydrogen-bond acceptors (Lipinski definition) is 3. The molecule has 1 N–H and O–H groups in total. The van der Waals surface area contributed by atoms with Gasteiger partial charge in [-0.3, -0.25) is 9.59 Å². The predicted molar refractivity (Wildman–Crippen MR) is 32.5 cm³/mol. The Labute approximate surface area is 57.2 Å². The van der Waals surface area contributed by atoms with Gasteiger partial charge in [0.15, 0.2) is 5.78 Å². The van der Waals surface area contributed by atoms with Crippen molar-refractivity contribution < 1.29 is 19.5 Å². The summed E-state index contributed by atoms with van der Waals surface area (Å²) in [7, 11) is 0. The molecule has 4 heteroatoms. The van der Waals surface area contributed by atoms with E-state index in [-0.39, 0.29) is 0 Å². The van der Waals surface area contributed by atoms with Crippen LogP contribution in [0.15, 0.2) is 12.7 Å². The number of ketones is 2.